The van der Waals surface area contributed by atoms with E-state index in [1.165, 1.54) is 11.3 Å². The van der Waals surface area contributed by atoms with Crippen LogP contribution in [0.1, 0.15) is 36.5 Å². The molecule has 0 aliphatic rings. The Morgan fingerprint density at radius 2 is 2.10 bits per heavy atom. The number of ether oxygens (including phenoxy) is 1. The number of aromatic nitrogens is 3. The molecule has 1 atom stereocenters. The number of urea groups is 1. The Labute approximate surface area is 178 Å². The molecule has 0 saturated carbocycles. The number of carbonyl (C=O) groups is 1. The fourth-order valence-corrected chi connectivity index (χ4v) is 4.23. The SMILES string of the molecule is Cc1ccc(NC(=O)Nc2ncc(C(C)Sc3ncc[nH]3)s2)c(OCC(C)C)c1. The summed E-state index contributed by atoms with van der Waals surface area (Å²) in [6, 6.07) is 5.36. The molecule has 1 aromatic carbocycles. The normalized spacial score (nSPS) is 12.0. The van der Waals surface area contributed by atoms with E-state index in [0.29, 0.717) is 29.1 Å². The van der Waals surface area contributed by atoms with E-state index in [-0.39, 0.29) is 11.3 Å². The molecule has 0 aliphatic heterocycles. The molecule has 2 amide bonds. The molecule has 0 aliphatic carbocycles. The molecule has 3 aromatic rings. The summed E-state index contributed by atoms with van der Waals surface area (Å²) < 4.78 is 5.85. The van der Waals surface area contributed by atoms with Gasteiger partial charge in [0.2, 0.25) is 0 Å². The summed E-state index contributed by atoms with van der Waals surface area (Å²) in [5.41, 5.74) is 1.70. The van der Waals surface area contributed by atoms with Gasteiger partial charge in [-0.2, -0.15) is 0 Å². The molecule has 7 nitrogen and oxygen atoms in total. The van der Waals surface area contributed by atoms with E-state index in [0.717, 1.165) is 15.6 Å². The van der Waals surface area contributed by atoms with Crippen LogP contribution in [0.4, 0.5) is 15.6 Å². The first-order chi connectivity index (χ1) is 13.9. The summed E-state index contributed by atoms with van der Waals surface area (Å²) in [7, 11) is 0. The lowest BCUT2D eigenvalue weighted by Gasteiger charge is -2.14. The fourth-order valence-electron chi connectivity index (χ4n) is 2.43. The second-order valence-corrected chi connectivity index (χ2v) is 9.40. The van der Waals surface area contributed by atoms with Gasteiger partial charge < -0.3 is 15.0 Å². The summed E-state index contributed by atoms with van der Waals surface area (Å²) in [5, 5.41) is 7.22. The van der Waals surface area contributed by atoms with Crippen molar-refractivity contribution in [3.8, 4) is 5.75 Å². The van der Waals surface area contributed by atoms with Gasteiger partial charge in [0.25, 0.3) is 0 Å². The van der Waals surface area contributed by atoms with Crippen LogP contribution in [-0.4, -0.2) is 27.6 Å². The molecule has 0 spiro atoms. The molecular formula is C20H25N5O2S2. The Morgan fingerprint density at radius 3 is 2.83 bits per heavy atom. The number of aromatic amines is 1. The zero-order valence-corrected chi connectivity index (χ0v) is 18.5. The van der Waals surface area contributed by atoms with Crippen LogP contribution in [0.25, 0.3) is 0 Å². The predicted octanol–water partition coefficient (Wildman–Crippen LogP) is 5.71. The lowest BCUT2D eigenvalue weighted by atomic mass is 10.2. The van der Waals surface area contributed by atoms with Crippen LogP contribution in [-0.2, 0) is 0 Å². The standard InChI is InChI=1S/C20H25N5O2S2/c1-12(2)11-27-16-9-13(3)5-6-15(16)24-18(26)25-20-23-10-17(29-20)14(4)28-19-21-7-8-22-19/h5-10,12,14H,11H2,1-4H3,(H,21,22)(H2,23,24,25,26). The lowest BCUT2D eigenvalue weighted by Crippen LogP contribution is -2.20. The molecule has 2 aromatic heterocycles. The van der Waals surface area contributed by atoms with E-state index >= 15 is 0 Å². The highest BCUT2D eigenvalue weighted by Gasteiger charge is 2.15. The molecule has 1 unspecified atom stereocenters. The molecule has 0 fully saturated rings. The number of carbonyl (C=O) groups excluding carboxylic acids is 1. The number of nitrogens with zero attached hydrogens (tertiary/aromatic N) is 2. The number of benzene rings is 1. The van der Waals surface area contributed by atoms with Gasteiger partial charge in [0, 0.05) is 28.7 Å². The number of hydrogen-bond donors (Lipinski definition) is 3. The number of thiazole rings is 1. The number of H-pyrrole nitrogens is 1. The van der Waals surface area contributed by atoms with Gasteiger partial charge in [-0.05, 0) is 37.5 Å². The predicted molar refractivity (Wildman–Crippen MR) is 119 cm³/mol. The van der Waals surface area contributed by atoms with Crippen molar-refractivity contribution < 1.29 is 9.53 Å². The van der Waals surface area contributed by atoms with Crippen molar-refractivity contribution in [2.24, 2.45) is 5.92 Å². The second kappa shape index (κ2) is 9.80. The number of amides is 2. The minimum atomic E-state index is -0.351. The fraction of sp³-hybridized carbons (Fsp3) is 0.350. The zero-order chi connectivity index (χ0) is 20.8. The molecular weight excluding hydrogens is 406 g/mol. The largest absolute Gasteiger partial charge is 0.491 e. The quantitative estimate of drug-likeness (QED) is 0.398. The highest BCUT2D eigenvalue weighted by atomic mass is 32.2. The van der Waals surface area contributed by atoms with Crippen LogP contribution in [0.2, 0.25) is 0 Å². The third-order valence-electron chi connectivity index (χ3n) is 3.86. The summed E-state index contributed by atoms with van der Waals surface area (Å²) in [5.74, 6) is 1.06. The maximum atomic E-state index is 12.5. The van der Waals surface area contributed by atoms with Crippen molar-refractivity contribution in [3.63, 3.8) is 0 Å². The van der Waals surface area contributed by atoms with Gasteiger partial charge in [-0.25, -0.2) is 14.8 Å². The van der Waals surface area contributed by atoms with Gasteiger partial charge in [-0.1, -0.05) is 31.7 Å². The maximum Gasteiger partial charge on any atom is 0.325 e. The highest BCUT2D eigenvalue weighted by molar-refractivity contribution is 7.99. The molecule has 154 valence electrons. The Hall–Kier alpha value is -2.52. The molecule has 0 radical (unpaired) electrons. The Balaban J connectivity index is 1.60. The van der Waals surface area contributed by atoms with Crippen molar-refractivity contribution in [1.29, 1.82) is 0 Å². The molecule has 2 heterocycles. The number of aryl methyl sites for hydroxylation is 1. The molecule has 3 N–H and O–H groups in total. The van der Waals surface area contributed by atoms with Crippen LogP contribution < -0.4 is 15.4 Å². The number of nitrogens with one attached hydrogen (secondary N) is 3. The van der Waals surface area contributed by atoms with Crippen molar-refractivity contribution in [2.75, 3.05) is 17.2 Å². The van der Waals surface area contributed by atoms with Crippen molar-refractivity contribution in [1.82, 2.24) is 15.0 Å². The van der Waals surface area contributed by atoms with Crippen LogP contribution in [0.3, 0.4) is 0 Å². The monoisotopic (exact) mass is 431 g/mol. The first-order valence-corrected chi connectivity index (χ1v) is 11.0. The number of anilines is 2. The summed E-state index contributed by atoms with van der Waals surface area (Å²) in [4.78, 5) is 25.1. The van der Waals surface area contributed by atoms with Crippen LogP contribution in [0.5, 0.6) is 5.75 Å². The minimum absolute atomic E-state index is 0.172. The highest BCUT2D eigenvalue weighted by Crippen LogP contribution is 2.36. The molecule has 29 heavy (non-hydrogen) atoms. The molecule has 0 bridgehead atoms. The average molecular weight is 432 g/mol. The Kier molecular flexibility index (Phi) is 7.16. The second-order valence-electron chi connectivity index (χ2n) is 7.01. The van der Waals surface area contributed by atoms with Gasteiger partial charge in [-0.15, -0.1) is 11.3 Å². The topological polar surface area (TPSA) is 91.9 Å². The van der Waals surface area contributed by atoms with Gasteiger partial charge in [0.05, 0.1) is 12.3 Å². The number of rotatable bonds is 8. The molecule has 0 saturated heterocycles. The van der Waals surface area contributed by atoms with Crippen molar-refractivity contribution in [3.05, 3.63) is 47.2 Å². The van der Waals surface area contributed by atoms with Gasteiger partial charge in [-0.3, -0.25) is 5.32 Å². The first kappa shape index (κ1) is 21.2. The van der Waals surface area contributed by atoms with E-state index in [1.807, 2.05) is 25.1 Å². The van der Waals surface area contributed by atoms with E-state index < -0.39 is 0 Å². The average Bonchev–Trinajstić information content (AvgIpc) is 3.34. The first-order valence-electron chi connectivity index (χ1n) is 9.34. The van der Waals surface area contributed by atoms with Crippen molar-refractivity contribution in [2.45, 2.75) is 38.1 Å². The molecule has 3 rings (SSSR count). The van der Waals surface area contributed by atoms with Gasteiger partial charge >= 0.3 is 6.03 Å². The summed E-state index contributed by atoms with van der Waals surface area (Å²) in [6.45, 7) is 8.82. The van der Waals surface area contributed by atoms with Gasteiger partial charge in [0.15, 0.2) is 10.3 Å². The summed E-state index contributed by atoms with van der Waals surface area (Å²) >= 11 is 3.05. The number of imidazole rings is 1. The maximum absolute atomic E-state index is 12.5. The third-order valence-corrected chi connectivity index (χ3v) is 6.16. The minimum Gasteiger partial charge on any atom is -0.491 e. The lowest BCUT2D eigenvalue weighted by molar-refractivity contribution is 0.260. The van der Waals surface area contributed by atoms with Crippen LogP contribution >= 0.6 is 23.1 Å². The Morgan fingerprint density at radius 1 is 1.28 bits per heavy atom. The van der Waals surface area contributed by atoms with E-state index in [9.17, 15) is 4.79 Å². The van der Waals surface area contributed by atoms with E-state index in [2.05, 4.69) is 46.4 Å². The zero-order valence-electron chi connectivity index (χ0n) is 16.9. The van der Waals surface area contributed by atoms with Gasteiger partial charge in [0.1, 0.15) is 5.75 Å². The third kappa shape index (κ3) is 6.23. The smallest absolute Gasteiger partial charge is 0.325 e. The Bertz CT molecular complexity index is 940. The number of hydrogen-bond acceptors (Lipinski definition) is 6. The van der Waals surface area contributed by atoms with E-state index in [1.54, 1.807) is 30.4 Å². The summed E-state index contributed by atoms with van der Waals surface area (Å²) in [6.07, 6.45) is 5.30. The number of thioether (sulfide) groups is 1. The van der Waals surface area contributed by atoms with Crippen LogP contribution in [0.15, 0.2) is 41.9 Å². The molecule has 9 heteroatoms. The van der Waals surface area contributed by atoms with E-state index in [4.69, 9.17) is 4.74 Å². The van der Waals surface area contributed by atoms with Crippen LogP contribution in [0, 0.1) is 12.8 Å². The van der Waals surface area contributed by atoms with Crippen molar-refractivity contribution >= 4 is 39.9 Å².